The van der Waals surface area contributed by atoms with Crippen molar-refractivity contribution in [1.29, 1.82) is 0 Å². The number of aliphatic hydroxyl groups is 1. The second-order valence-electron chi connectivity index (χ2n) is 4.06. The van der Waals surface area contributed by atoms with E-state index in [0.29, 0.717) is 11.6 Å². The van der Waals surface area contributed by atoms with Crippen molar-refractivity contribution in [1.82, 2.24) is 5.32 Å². The molecule has 0 bridgehead atoms. The summed E-state index contributed by atoms with van der Waals surface area (Å²) < 4.78 is 0. The molecule has 0 saturated heterocycles. The van der Waals surface area contributed by atoms with E-state index in [9.17, 15) is 9.90 Å². The third kappa shape index (κ3) is 4.94. The molecule has 1 aromatic rings. The van der Waals surface area contributed by atoms with Crippen molar-refractivity contribution in [3.05, 3.63) is 28.8 Å². The fourth-order valence-electron chi connectivity index (χ4n) is 1.57. The topological polar surface area (TPSA) is 69.6 Å². The zero-order valence-corrected chi connectivity index (χ0v) is 10.9. The maximum atomic E-state index is 11.8. The van der Waals surface area contributed by atoms with E-state index in [1.54, 1.807) is 0 Å². The molecule has 1 aromatic carbocycles. The molecule has 0 fully saturated rings. The molecule has 100 valence electrons. The number of halogens is 1. The summed E-state index contributed by atoms with van der Waals surface area (Å²) in [6.45, 7) is 0.779. The Bertz CT molecular complexity index is 396. The first-order valence-corrected chi connectivity index (χ1v) is 6.40. The smallest absolute Gasteiger partial charge is 0.252 e. The van der Waals surface area contributed by atoms with Crippen molar-refractivity contribution in [2.75, 3.05) is 13.2 Å². The molecule has 1 amide bonds. The third-order valence-corrected chi connectivity index (χ3v) is 2.89. The minimum atomic E-state index is -0.280. The van der Waals surface area contributed by atoms with E-state index < -0.39 is 0 Å². The molecule has 0 spiro atoms. The van der Waals surface area contributed by atoms with Crippen molar-refractivity contribution in [2.24, 2.45) is 0 Å². The molecular weight excluding hydrogens is 254 g/mol. The van der Waals surface area contributed by atoms with Gasteiger partial charge in [0.2, 0.25) is 0 Å². The van der Waals surface area contributed by atoms with E-state index in [1.807, 2.05) is 0 Å². The number of carbonyl (C=O) groups excluding carboxylic acids is 1. The monoisotopic (exact) mass is 271 g/mol. The lowest BCUT2D eigenvalue weighted by Gasteiger charge is -2.07. The van der Waals surface area contributed by atoms with Gasteiger partial charge in [-0.05, 0) is 31.0 Å². The Kier molecular flexibility index (Phi) is 6.54. The summed E-state index contributed by atoms with van der Waals surface area (Å²) in [7, 11) is 0. The highest BCUT2D eigenvalue weighted by molar-refractivity contribution is 6.33. The van der Waals surface area contributed by atoms with E-state index in [-0.39, 0.29) is 23.8 Å². The number of rotatable bonds is 7. The first kappa shape index (κ1) is 14.8. The zero-order valence-electron chi connectivity index (χ0n) is 10.2. The van der Waals surface area contributed by atoms with Gasteiger partial charge in [0.05, 0.1) is 10.6 Å². The molecule has 0 aliphatic heterocycles. The van der Waals surface area contributed by atoms with Crippen LogP contribution >= 0.6 is 11.6 Å². The Morgan fingerprint density at radius 3 is 2.67 bits per heavy atom. The second kappa shape index (κ2) is 7.95. The minimum Gasteiger partial charge on any atom is -0.508 e. The maximum Gasteiger partial charge on any atom is 0.252 e. The molecule has 4 nitrogen and oxygen atoms in total. The van der Waals surface area contributed by atoms with Crippen LogP contribution in [0.4, 0.5) is 0 Å². The van der Waals surface area contributed by atoms with Gasteiger partial charge in [0, 0.05) is 13.2 Å². The maximum absolute atomic E-state index is 11.8. The molecule has 0 aromatic heterocycles. The highest BCUT2D eigenvalue weighted by atomic mass is 35.5. The SMILES string of the molecule is O=C(NCCCCCCO)c1cc(O)ccc1Cl. The van der Waals surface area contributed by atoms with Crippen LogP contribution in [-0.4, -0.2) is 29.3 Å². The van der Waals surface area contributed by atoms with Gasteiger partial charge in [-0.2, -0.15) is 0 Å². The van der Waals surface area contributed by atoms with Crippen LogP contribution in [0.2, 0.25) is 5.02 Å². The molecule has 0 aliphatic carbocycles. The second-order valence-corrected chi connectivity index (χ2v) is 4.47. The molecule has 3 N–H and O–H groups in total. The summed E-state index contributed by atoms with van der Waals surface area (Å²) in [6.07, 6.45) is 3.59. The zero-order chi connectivity index (χ0) is 13.4. The molecule has 1 rings (SSSR count). The van der Waals surface area contributed by atoms with Gasteiger partial charge in [0.15, 0.2) is 0 Å². The van der Waals surface area contributed by atoms with Crippen molar-refractivity contribution in [3.63, 3.8) is 0 Å². The van der Waals surface area contributed by atoms with E-state index >= 15 is 0 Å². The summed E-state index contributed by atoms with van der Waals surface area (Å²) in [5.74, 6) is -0.259. The lowest BCUT2D eigenvalue weighted by atomic mass is 10.2. The molecule has 18 heavy (non-hydrogen) atoms. The fourth-order valence-corrected chi connectivity index (χ4v) is 1.78. The number of nitrogens with one attached hydrogen (secondary N) is 1. The van der Waals surface area contributed by atoms with E-state index in [0.717, 1.165) is 25.7 Å². The first-order valence-electron chi connectivity index (χ1n) is 6.02. The van der Waals surface area contributed by atoms with Gasteiger partial charge in [-0.1, -0.05) is 24.4 Å². The van der Waals surface area contributed by atoms with Crippen LogP contribution in [0.3, 0.4) is 0 Å². The average Bonchev–Trinajstić information content (AvgIpc) is 2.36. The Hall–Kier alpha value is -1.26. The standard InChI is InChI=1S/C13H18ClNO3/c14-12-6-5-10(17)9-11(12)13(18)15-7-3-1-2-4-8-16/h5-6,9,16-17H,1-4,7-8H2,(H,15,18). The largest absolute Gasteiger partial charge is 0.508 e. The Balaban J connectivity index is 2.34. The summed E-state index contributed by atoms with van der Waals surface area (Å²) in [6, 6.07) is 4.28. The van der Waals surface area contributed by atoms with Crippen LogP contribution in [0.1, 0.15) is 36.0 Å². The first-order chi connectivity index (χ1) is 8.65. The lowest BCUT2D eigenvalue weighted by Crippen LogP contribution is -2.24. The Morgan fingerprint density at radius 2 is 1.94 bits per heavy atom. The number of aromatic hydroxyl groups is 1. The predicted octanol–water partition coefficient (Wildman–Crippen LogP) is 2.33. The van der Waals surface area contributed by atoms with Crippen molar-refractivity contribution < 1.29 is 15.0 Å². The van der Waals surface area contributed by atoms with Crippen LogP contribution in [-0.2, 0) is 0 Å². The summed E-state index contributed by atoms with van der Waals surface area (Å²) in [5.41, 5.74) is 0.284. The van der Waals surface area contributed by atoms with Crippen LogP contribution in [0.25, 0.3) is 0 Å². The third-order valence-electron chi connectivity index (χ3n) is 2.57. The average molecular weight is 272 g/mol. The van der Waals surface area contributed by atoms with Crippen LogP contribution in [0.15, 0.2) is 18.2 Å². The van der Waals surface area contributed by atoms with Crippen molar-refractivity contribution in [3.8, 4) is 5.75 Å². The molecular formula is C13H18ClNO3. The molecule has 0 saturated carbocycles. The van der Waals surface area contributed by atoms with Crippen LogP contribution in [0.5, 0.6) is 5.75 Å². The van der Waals surface area contributed by atoms with E-state index in [2.05, 4.69) is 5.32 Å². The summed E-state index contributed by atoms with van der Waals surface area (Å²) in [5, 5.41) is 21.0. The highest BCUT2D eigenvalue weighted by Crippen LogP contribution is 2.20. The normalized spacial score (nSPS) is 10.3. The van der Waals surface area contributed by atoms with Gasteiger partial charge in [-0.3, -0.25) is 4.79 Å². The van der Waals surface area contributed by atoms with Gasteiger partial charge in [0.1, 0.15) is 5.75 Å². The molecule has 0 radical (unpaired) electrons. The van der Waals surface area contributed by atoms with Crippen LogP contribution in [0, 0.1) is 0 Å². The van der Waals surface area contributed by atoms with E-state index in [4.69, 9.17) is 16.7 Å². The van der Waals surface area contributed by atoms with E-state index in [1.165, 1.54) is 18.2 Å². The predicted molar refractivity (Wildman–Crippen MR) is 71.0 cm³/mol. The number of unbranched alkanes of at least 4 members (excludes halogenated alkanes) is 3. The van der Waals surface area contributed by atoms with Gasteiger partial charge in [-0.15, -0.1) is 0 Å². The highest BCUT2D eigenvalue weighted by Gasteiger charge is 2.10. The van der Waals surface area contributed by atoms with Gasteiger partial charge in [-0.25, -0.2) is 0 Å². The number of carbonyl (C=O) groups is 1. The molecule has 0 unspecified atom stereocenters. The summed E-state index contributed by atoms with van der Waals surface area (Å²) >= 11 is 5.87. The van der Waals surface area contributed by atoms with Crippen molar-refractivity contribution in [2.45, 2.75) is 25.7 Å². The minimum absolute atomic E-state index is 0.0208. The van der Waals surface area contributed by atoms with Crippen molar-refractivity contribution >= 4 is 17.5 Å². The number of aliphatic hydroxyl groups excluding tert-OH is 1. The van der Waals surface area contributed by atoms with Gasteiger partial charge >= 0.3 is 0 Å². The lowest BCUT2D eigenvalue weighted by molar-refractivity contribution is 0.0952. The van der Waals surface area contributed by atoms with Gasteiger partial charge < -0.3 is 15.5 Å². The number of amides is 1. The number of benzene rings is 1. The summed E-state index contributed by atoms with van der Waals surface area (Å²) in [4.78, 5) is 11.8. The Morgan fingerprint density at radius 1 is 1.22 bits per heavy atom. The quantitative estimate of drug-likeness (QED) is 0.667. The Labute approximate surface area is 112 Å². The molecule has 0 heterocycles. The number of hydrogen-bond acceptors (Lipinski definition) is 3. The van der Waals surface area contributed by atoms with Gasteiger partial charge in [0.25, 0.3) is 5.91 Å². The van der Waals surface area contributed by atoms with Crippen LogP contribution < -0.4 is 5.32 Å². The number of phenolic OH excluding ortho intramolecular Hbond substituents is 1. The number of phenols is 1. The molecule has 0 atom stereocenters. The number of hydrogen-bond donors (Lipinski definition) is 3. The molecule has 0 aliphatic rings. The fraction of sp³-hybridized carbons (Fsp3) is 0.462. The molecule has 5 heteroatoms.